The van der Waals surface area contributed by atoms with Crippen molar-refractivity contribution in [2.24, 2.45) is 22.7 Å². The fourth-order valence-electron chi connectivity index (χ4n) is 5.63. The van der Waals surface area contributed by atoms with Crippen molar-refractivity contribution in [1.82, 2.24) is 0 Å². The Labute approximate surface area is 149 Å². The molecule has 5 heteroatoms. The van der Waals surface area contributed by atoms with Crippen LogP contribution in [0.15, 0.2) is 23.8 Å². The molecule has 6 atom stereocenters. The largest absolute Gasteiger partial charge is 0.389 e. The standard InChI is InChI=1S/C20H30O5/c1-12-14(22)10-16-19(2,3)6-5-7-20(16,4)18(12)15-8-13(11-21)9-17(23)25-24-15/h8,11,14-18,22-23H,1,5-7,9-10H2,2-4H3/t14-,15?,16-,17?,18+,20-/m0/s1. The monoisotopic (exact) mass is 350 g/mol. The van der Waals surface area contributed by atoms with Gasteiger partial charge in [0.25, 0.3) is 0 Å². The summed E-state index contributed by atoms with van der Waals surface area (Å²) in [7, 11) is 0. The van der Waals surface area contributed by atoms with Crippen LogP contribution in [-0.2, 0) is 14.6 Å². The predicted octanol–water partition coefficient (Wildman–Crippen LogP) is 2.92. The number of hydrogen-bond donors (Lipinski definition) is 2. The molecule has 3 rings (SSSR count). The van der Waals surface area contributed by atoms with E-state index in [9.17, 15) is 15.0 Å². The Bertz CT molecular complexity index is 581. The van der Waals surface area contributed by atoms with Crippen LogP contribution >= 0.6 is 0 Å². The molecule has 1 heterocycles. The van der Waals surface area contributed by atoms with Gasteiger partial charge in [0.2, 0.25) is 0 Å². The fraction of sp³-hybridized carbons (Fsp3) is 0.750. The Morgan fingerprint density at radius 3 is 2.64 bits per heavy atom. The summed E-state index contributed by atoms with van der Waals surface area (Å²) in [6.07, 6.45) is 4.26. The molecule has 0 saturated heterocycles. The lowest BCUT2D eigenvalue weighted by Crippen LogP contribution is -2.55. The molecule has 5 nitrogen and oxygen atoms in total. The molecule has 2 aliphatic carbocycles. The van der Waals surface area contributed by atoms with Crippen LogP contribution in [0.2, 0.25) is 0 Å². The third kappa shape index (κ3) is 3.23. The smallest absolute Gasteiger partial charge is 0.192 e. The topological polar surface area (TPSA) is 76.0 Å². The Morgan fingerprint density at radius 2 is 1.96 bits per heavy atom. The van der Waals surface area contributed by atoms with Crippen molar-refractivity contribution >= 4 is 6.29 Å². The molecule has 3 aliphatic rings. The lowest BCUT2D eigenvalue weighted by Gasteiger charge is -2.59. The Kier molecular flexibility index (Phi) is 4.97. The highest BCUT2D eigenvalue weighted by Crippen LogP contribution is 2.62. The predicted molar refractivity (Wildman–Crippen MR) is 93.2 cm³/mol. The molecule has 2 N–H and O–H groups in total. The normalized spacial score (nSPS) is 44.4. The van der Waals surface area contributed by atoms with E-state index in [2.05, 4.69) is 27.4 Å². The van der Waals surface area contributed by atoms with Crippen molar-refractivity contribution < 1.29 is 24.8 Å². The van der Waals surface area contributed by atoms with E-state index in [0.717, 1.165) is 31.1 Å². The van der Waals surface area contributed by atoms with E-state index in [-0.39, 0.29) is 23.2 Å². The lowest BCUT2D eigenvalue weighted by atomic mass is 9.46. The van der Waals surface area contributed by atoms with Crippen LogP contribution in [0.5, 0.6) is 0 Å². The molecule has 0 radical (unpaired) electrons. The van der Waals surface area contributed by atoms with Crippen molar-refractivity contribution in [3.8, 4) is 0 Å². The molecule has 0 aromatic rings. The number of fused-ring (bicyclic) bond motifs is 1. The van der Waals surface area contributed by atoms with E-state index in [4.69, 9.17) is 9.78 Å². The van der Waals surface area contributed by atoms with Crippen LogP contribution in [0.25, 0.3) is 0 Å². The first kappa shape index (κ1) is 18.8. The quantitative estimate of drug-likeness (QED) is 0.455. The maximum atomic E-state index is 11.3. The number of carbonyl (C=O) groups is 1. The van der Waals surface area contributed by atoms with Gasteiger partial charge < -0.3 is 10.2 Å². The fourth-order valence-corrected chi connectivity index (χ4v) is 5.63. The molecule has 0 spiro atoms. The Balaban J connectivity index is 2.02. The molecular formula is C20H30O5. The first-order chi connectivity index (χ1) is 11.7. The second kappa shape index (κ2) is 6.62. The highest BCUT2D eigenvalue weighted by atomic mass is 17.2. The van der Waals surface area contributed by atoms with Crippen molar-refractivity contribution in [1.29, 1.82) is 0 Å². The summed E-state index contributed by atoms with van der Waals surface area (Å²) < 4.78 is 0. The van der Waals surface area contributed by atoms with Gasteiger partial charge in [-0.1, -0.05) is 33.8 Å². The van der Waals surface area contributed by atoms with E-state index >= 15 is 0 Å². The third-order valence-electron chi connectivity index (χ3n) is 6.82. The first-order valence-electron chi connectivity index (χ1n) is 9.22. The lowest BCUT2D eigenvalue weighted by molar-refractivity contribution is -0.389. The van der Waals surface area contributed by atoms with Gasteiger partial charge in [-0.05, 0) is 53.2 Å². The highest BCUT2D eigenvalue weighted by Gasteiger charge is 2.57. The summed E-state index contributed by atoms with van der Waals surface area (Å²) in [5.41, 5.74) is 1.21. The van der Waals surface area contributed by atoms with Crippen LogP contribution in [-0.4, -0.2) is 35.0 Å². The zero-order valence-corrected chi connectivity index (χ0v) is 15.4. The molecule has 0 bridgehead atoms. The molecule has 2 fully saturated rings. The van der Waals surface area contributed by atoms with E-state index < -0.39 is 18.5 Å². The van der Waals surface area contributed by atoms with Crippen LogP contribution in [0.4, 0.5) is 0 Å². The molecule has 140 valence electrons. The Morgan fingerprint density at radius 1 is 1.24 bits per heavy atom. The molecular weight excluding hydrogens is 320 g/mol. The summed E-state index contributed by atoms with van der Waals surface area (Å²) in [6.45, 7) is 11.0. The van der Waals surface area contributed by atoms with Gasteiger partial charge in [0, 0.05) is 12.3 Å². The zero-order valence-electron chi connectivity index (χ0n) is 15.4. The number of rotatable bonds is 2. The molecule has 0 aromatic carbocycles. The molecule has 0 aromatic heterocycles. The average molecular weight is 350 g/mol. The minimum Gasteiger partial charge on any atom is -0.389 e. The third-order valence-corrected chi connectivity index (χ3v) is 6.82. The Hall–Kier alpha value is -1.01. The highest BCUT2D eigenvalue weighted by molar-refractivity contribution is 5.73. The average Bonchev–Trinajstić information content (AvgIpc) is 2.71. The maximum absolute atomic E-state index is 11.3. The maximum Gasteiger partial charge on any atom is 0.192 e. The van der Waals surface area contributed by atoms with Crippen LogP contribution in [0.3, 0.4) is 0 Å². The van der Waals surface area contributed by atoms with Crippen molar-refractivity contribution in [3.63, 3.8) is 0 Å². The minimum absolute atomic E-state index is 0.105. The number of aldehydes is 1. The van der Waals surface area contributed by atoms with E-state index in [0.29, 0.717) is 17.9 Å². The first-order valence-corrected chi connectivity index (χ1v) is 9.22. The van der Waals surface area contributed by atoms with E-state index in [1.807, 2.05) is 0 Å². The van der Waals surface area contributed by atoms with Gasteiger partial charge in [0.05, 0.1) is 6.10 Å². The van der Waals surface area contributed by atoms with Crippen LogP contribution in [0, 0.1) is 22.7 Å². The summed E-state index contributed by atoms with van der Waals surface area (Å²) in [6, 6.07) is 0. The number of hydrogen-bond acceptors (Lipinski definition) is 5. The van der Waals surface area contributed by atoms with Crippen molar-refractivity contribution in [2.45, 2.75) is 71.4 Å². The van der Waals surface area contributed by atoms with Crippen LogP contribution in [0.1, 0.15) is 52.9 Å². The van der Waals surface area contributed by atoms with Gasteiger partial charge >= 0.3 is 0 Å². The van der Waals surface area contributed by atoms with Gasteiger partial charge in [0.15, 0.2) is 6.29 Å². The van der Waals surface area contributed by atoms with E-state index in [1.54, 1.807) is 6.08 Å². The van der Waals surface area contributed by atoms with Crippen molar-refractivity contribution in [3.05, 3.63) is 23.8 Å². The molecule has 2 saturated carbocycles. The second-order valence-electron chi connectivity index (χ2n) is 8.88. The van der Waals surface area contributed by atoms with E-state index in [1.165, 1.54) is 0 Å². The number of aliphatic hydroxyl groups excluding tert-OH is 2. The van der Waals surface area contributed by atoms with Gasteiger partial charge in [-0.2, -0.15) is 0 Å². The van der Waals surface area contributed by atoms with Gasteiger partial charge in [0.1, 0.15) is 12.4 Å². The van der Waals surface area contributed by atoms with Crippen molar-refractivity contribution in [2.75, 3.05) is 0 Å². The summed E-state index contributed by atoms with van der Waals surface area (Å²) in [4.78, 5) is 21.9. The molecule has 25 heavy (non-hydrogen) atoms. The molecule has 1 aliphatic heterocycles. The van der Waals surface area contributed by atoms with Gasteiger partial charge in [-0.3, -0.25) is 4.79 Å². The van der Waals surface area contributed by atoms with Gasteiger partial charge in [-0.15, -0.1) is 0 Å². The zero-order chi connectivity index (χ0) is 18.4. The summed E-state index contributed by atoms with van der Waals surface area (Å²) in [5.74, 6) is 0.158. The van der Waals surface area contributed by atoms with Gasteiger partial charge in [-0.25, -0.2) is 9.78 Å². The number of carbonyl (C=O) groups excluding carboxylic acids is 1. The number of aliphatic hydroxyl groups is 2. The summed E-state index contributed by atoms with van der Waals surface area (Å²) in [5, 5.41) is 20.5. The summed E-state index contributed by atoms with van der Waals surface area (Å²) >= 11 is 0. The molecule has 2 unspecified atom stereocenters. The van der Waals surface area contributed by atoms with Crippen LogP contribution < -0.4 is 0 Å². The molecule has 0 amide bonds. The SMILES string of the molecule is C=C1[C@H](C2C=C(C=O)CC(O)OO2)[C@@]2(C)CCCC(C)(C)[C@@H]2C[C@@H]1O. The second-order valence-corrected chi connectivity index (χ2v) is 8.88. The minimum atomic E-state index is -1.16.